The first-order valence-electron chi connectivity index (χ1n) is 14.9. The van der Waals surface area contributed by atoms with Gasteiger partial charge in [-0.3, -0.25) is 19.3 Å². The van der Waals surface area contributed by atoms with Gasteiger partial charge in [0.15, 0.2) is 0 Å². The molecular formula is C34H38N2O4. The number of benzene rings is 2. The van der Waals surface area contributed by atoms with Crippen LogP contribution in [-0.2, 0) is 21.5 Å². The average Bonchev–Trinajstić information content (AvgIpc) is 3.01. The van der Waals surface area contributed by atoms with Crippen LogP contribution in [0.2, 0.25) is 0 Å². The van der Waals surface area contributed by atoms with Gasteiger partial charge in [-0.1, -0.05) is 55.7 Å². The average molecular weight is 539 g/mol. The minimum absolute atomic E-state index is 0.0272. The number of aldehydes is 1. The van der Waals surface area contributed by atoms with Crippen molar-refractivity contribution in [2.45, 2.75) is 69.4 Å². The molecule has 3 saturated heterocycles. The molecule has 0 amide bonds. The number of ether oxygens (including phenoxy) is 1. The molecule has 1 atom stereocenters. The smallest absolute Gasteiger partial charge is 0.316 e. The first-order valence-corrected chi connectivity index (χ1v) is 14.9. The third-order valence-corrected chi connectivity index (χ3v) is 9.37. The number of allylic oxidation sites excluding steroid dienone is 1. The van der Waals surface area contributed by atoms with Gasteiger partial charge in [-0.2, -0.15) is 0 Å². The van der Waals surface area contributed by atoms with Gasteiger partial charge in [0, 0.05) is 24.7 Å². The fraction of sp³-hybridized carbons (Fsp3) is 0.441. The number of hydrogen-bond acceptors (Lipinski definition) is 5. The molecule has 6 heteroatoms. The van der Waals surface area contributed by atoms with E-state index >= 15 is 0 Å². The predicted molar refractivity (Wildman–Crippen MR) is 157 cm³/mol. The van der Waals surface area contributed by atoms with Crippen LogP contribution in [-0.4, -0.2) is 47.5 Å². The lowest BCUT2D eigenvalue weighted by Crippen LogP contribution is -2.53. The summed E-state index contributed by atoms with van der Waals surface area (Å²) in [5.41, 5.74) is 2.93. The van der Waals surface area contributed by atoms with Gasteiger partial charge in [0.05, 0.1) is 10.9 Å². The summed E-state index contributed by atoms with van der Waals surface area (Å²) in [6.45, 7) is 3.69. The molecule has 0 spiro atoms. The van der Waals surface area contributed by atoms with E-state index in [1.807, 2.05) is 18.2 Å². The number of pyridine rings is 1. The van der Waals surface area contributed by atoms with Gasteiger partial charge in [0.1, 0.15) is 12.4 Å². The van der Waals surface area contributed by atoms with E-state index in [2.05, 4.69) is 35.3 Å². The van der Waals surface area contributed by atoms with Crippen molar-refractivity contribution in [3.63, 3.8) is 0 Å². The van der Waals surface area contributed by atoms with E-state index in [9.17, 15) is 14.4 Å². The van der Waals surface area contributed by atoms with Crippen molar-refractivity contribution in [1.82, 2.24) is 9.47 Å². The second-order valence-corrected chi connectivity index (χ2v) is 11.8. The molecule has 3 aromatic rings. The van der Waals surface area contributed by atoms with Gasteiger partial charge in [-0.15, -0.1) is 0 Å². The van der Waals surface area contributed by atoms with Crippen LogP contribution in [0, 0.1) is 5.92 Å². The molecule has 0 unspecified atom stereocenters. The van der Waals surface area contributed by atoms with E-state index in [0.29, 0.717) is 24.4 Å². The molecule has 2 bridgehead atoms. The van der Waals surface area contributed by atoms with Crippen LogP contribution in [0.3, 0.4) is 0 Å². The maximum Gasteiger partial charge on any atom is 0.316 e. The zero-order valence-corrected chi connectivity index (χ0v) is 23.1. The molecule has 4 heterocycles. The van der Waals surface area contributed by atoms with E-state index in [0.717, 1.165) is 86.5 Å². The minimum atomic E-state index is -0.565. The van der Waals surface area contributed by atoms with E-state index in [4.69, 9.17) is 4.74 Å². The molecule has 3 aliphatic heterocycles. The zero-order chi connectivity index (χ0) is 27.5. The molecule has 1 aromatic heterocycles. The summed E-state index contributed by atoms with van der Waals surface area (Å²) in [6.07, 6.45) is 12.9. The number of aryl methyl sites for hydroxylation is 1. The standard InChI is InChI=1S/C34H38N2O4/c37-24-26-10-12-30-28(21-26)11-13-32(38)36(30)18-5-2-7-25-8-6-9-29(22-25)34(16-3-1-4-17-34)33(39)40-31-23-35-19-14-27(31)15-20-35/h2,6-13,21-22,24,27,31H,1,3-5,14-20,23H2/t31-/m0/s1. The number of carbonyl (C=O) groups is 2. The number of aromatic nitrogens is 1. The maximum absolute atomic E-state index is 13.9. The van der Waals surface area contributed by atoms with Gasteiger partial charge in [0.25, 0.3) is 5.56 Å². The summed E-state index contributed by atoms with van der Waals surface area (Å²) in [4.78, 5) is 40.0. The topological polar surface area (TPSA) is 68.6 Å². The van der Waals surface area contributed by atoms with Crippen LogP contribution in [0.1, 0.15) is 72.9 Å². The van der Waals surface area contributed by atoms with Crippen molar-refractivity contribution in [1.29, 1.82) is 0 Å². The van der Waals surface area contributed by atoms with Gasteiger partial charge < -0.3 is 9.30 Å². The maximum atomic E-state index is 13.9. The second kappa shape index (κ2) is 11.5. The Bertz CT molecular complexity index is 1470. The summed E-state index contributed by atoms with van der Waals surface area (Å²) >= 11 is 0. The molecule has 2 aromatic carbocycles. The third kappa shape index (κ3) is 5.29. The van der Waals surface area contributed by atoms with E-state index in [1.165, 1.54) is 6.42 Å². The van der Waals surface area contributed by atoms with Crippen molar-refractivity contribution in [2.24, 2.45) is 5.92 Å². The Morgan fingerprint density at radius 3 is 2.55 bits per heavy atom. The van der Waals surface area contributed by atoms with Crippen LogP contribution < -0.4 is 5.56 Å². The van der Waals surface area contributed by atoms with Gasteiger partial charge in [-0.05, 0) is 91.9 Å². The largest absolute Gasteiger partial charge is 0.460 e. The van der Waals surface area contributed by atoms with Crippen LogP contribution in [0.25, 0.3) is 17.0 Å². The fourth-order valence-electron chi connectivity index (χ4n) is 7.05. The Hall–Kier alpha value is -3.51. The Kier molecular flexibility index (Phi) is 7.70. The van der Waals surface area contributed by atoms with Crippen molar-refractivity contribution in [3.05, 3.63) is 87.7 Å². The molecule has 4 fully saturated rings. The highest BCUT2D eigenvalue weighted by Crippen LogP contribution is 2.42. The molecule has 0 radical (unpaired) electrons. The van der Waals surface area contributed by atoms with Gasteiger partial charge >= 0.3 is 5.97 Å². The normalized spacial score (nSPS) is 23.9. The monoisotopic (exact) mass is 538 g/mol. The summed E-state index contributed by atoms with van der Waals surface area (Å²) in [5, 5.41) is 0.879. The molecule has 208 valence electrons. The molecule has 0 N–H and O–H groups in total. The Balaban J connectivity index is 1.18. The van der Waals surface area contributed by atoms with Crippen LogP contribution in [0.5, 0.6) is 0 Å². The summed E-state index contributed by atoms with van der Waals surface area (Å²) in [5.74, 6) is 0.477. The molecule has 4 aliphatic rings. The minimum Gasteiger partial charge on any atom is -0.460 e. The summed E-state index contributed by atoms with van der Waals surface area (Å²) in [6, 6.07) is 17.1. The first kappa shape index (κ1) is 26.7. The quantitative estimate of drug-likeness (QED) is 0.270. The number of fused-ring (bicyclic) bond motifs is 4. The van der Waals surface area contributed by atoms with Gasteiger partial charge in [0.2, 0.25) is 0 Å². The zero-order valence-electron chi connectivity index (χ0n) is 23.1. The lowest BCUT2D eigenvalue weighted by atomic mass is 9.69. The molecular weight excluding hydrogens is 500 g/mol. The lowest BCUT2D eigenvalue weighted by Gasteiger charge is -2.45. The fourth-order valence-corrected chi connectivity index (χ4v) is 7.05. The molecule has 40 heavy (non-hydrogen) atoms. The number of carbonyl (C=O) groups excluding carboxylic acids is 2. The number of nitrogens with zero attached hydrogens (tertiary/aromatic N) is 2. The highest BCUT2D eigenvalue weighted by Gasteiger charge is 2.45. The van der Waals surface area contributed by atoms with Crippen molar-refractivity contribution in [3.8, 4) is 0 Å². The second-order valence-electron chi connectivity index (χ2n) is 11.8. The predicted octanol–water partition coefficient (Wildman–Crippen LogP) is 5.76. The number of rotatable bonds is 8. The van der Waals surface area contributed by atoms with Crippen molar-refractivity contribution < 1.29 is 14.3 Å². The summed E-state index contributed by atoms with van der Waals surface area (Å²) < 4.78 is 8.08. The number of hydrogen-bond donors (Lipinski definition) is 0. The lowest BCUT2D eigenvalue weighted by molar-refractivity contribution is -0.167. The highest BCUT2D eigenvalue weighted by atomic mass is 16.5. The molecule has 1 saturated carbocycles. The van der Waals surface area contributed by atoms with Gasteiger partial charge in [-0.25, -0.2) is 0 Å². The third-order valence-electron chi connectivity index (χ3n) is 9.37. The number of piperidine rings is 3. The SMILES string of the molecule is O=Cc1ccc2c(ccc(=O)n2CCC=Cc2cccc(C3(C(=O)O[C@H]4CN5CCC4CC5)CCCCC3)c2)c1. The van der Waals surface area contributed by atoms with E-state index in [1.54, 1.807) is 22.8 Å². The van der Waals surface area contributed by atoms with E-state index < -0.39 is 5.41 Å². The van der Waals surface area contributed by atoms with Crippen LogP contribution >= 0.6 is 0 Å². The van der Waals surface area contributed by atoms with Crippen molar-refractivity contribution >= 4 is 29.2 Å². The van der Waals surface area contributed by atoms with Crippen molar-refractivity contribution in [2.75, 3.05) is 19.6 Å². The van der Waals surface area contributed by atoms with Crippen LogP contribution in [0.4, 0.5) is 0 Å². The van der Waals surface area contributed by atoms with Crippen LogP contribution in [0.15, 0.2) is 65.5 Å². The Labute approximate surface area is 235 Å². The first-order chi connectivity index (χ1) is 19.6. The van der Waals surface area contributed by atoms with E-state index in [-0.39, 0.29) is 17.6 Å². The number of esters is 1. The molecule has 1 aliphatic carbocycles. The Morgan fingerprint density at radius 1 is 0.975 bits per heavy atom. The molecule has 6 nitrogen and oxygen atoms in total. The molecule has 7 rings (SSSR count). The highest BCUT2D eigenvalue weighted by molar-refractivity contribution is 5.87. The Morgan fingerprint density at radius 2 is 1.80 bits per heavy atom. The summed E-state index contributed by atoms with van der Waals surface area (Å²) in [7, 11) is 0.